The number of amides is 1. The van der Waals surface area contributed by atoms with Crippen molar-refractivity contribution in [3.8, 4) is 11.4 Å². The third kappa shape index (κ3) is 4.56. The lowest BCUT2D eigenvalue weighted by molar-refractivity contribution is -0.113. The Morgan fingerprint density at radius 1 is 1.13 bits per heavy atom. The van der Waals surface area contributed by atoms with E-state index in [0.29, 0.717) is 16.5 Å². The molecule has 7 heteroatoms. The van der Waals surface area contributed by atoms with Crippen LogP contribution in [-0.4, -0.2) is 26.4 Å². The van der Waals surface area contributed by atoms with Crippen LogP contribution in [0, 0.1) is 5.82 Å². The number of carbonyl (C=O) groups is 1. The molecule has 0 aliphatic heterocycles. The molecule has 1 saturated carbocycles. The number of hydrogen-bond donors (Lipinski definition) is 1. The molecule has 1 amide bonds. The lowest BCUT2D eigenvalue weighted by Gasteiger charge is -2.19. The van der Waals surface area contributed by atoms with Gasteiger partial charge in [-0.2, -0.15) is 0 Å². The number of aromatic nitrogens is 3. The quantitative estimate of drug-likeness (QED) is 0.535. The third-order valence-corrected chi connectivity index (χ3v) is 6.00. The van der Waals surface area contributed by atoms with Crippen LogP contribution in [0.2, 0.25) is 0 Å². The fourth-order valence-corrected chi connectivity index (χ4v) is 4.05. The third-order valence-electron chi connectivity index (χ3n) is 5.06. The summed E-state index contributed by atoms with van der Waals surface area (Å²) in [6, 6.07) is 14.8. The molecule has 1 aliphatic carbocycles. The minimum absolute atomic E-state index is 0.0706. The van der Waals surface area contributed by atoms with E-state index in [0.717, 1.165) is 18.5 Å². The van der Waals surface area contributed by atoms with Gasteiger partial charge < -0.3 is 5.32 Å². The Kier molecular flexibility index (Phi) is 5.64. The van der Waals surface area contributed by atoms with E-state index in [2.05, 4.69) is 36.3 Å². The van der Waals surface area contributed by atoms with E-state index in [4.69, 9.17) is 0 Å². The lowest BCUT2D eigenvalue weighted by atomic mass is 9.87. The number of nitrogens with one attached hydrogen (secondary N) is 1. The largest absolute Gasteiger partial charge is 0.325 e. The Morgan fingerprint density at radius 3 is 2.47 bits per heavy atom. The summed E-state index contributed by atoms with van der Waals surface area (Å²) in [6.45, 7) is 6.47. The molecule has 0 atom stereocenters. The molecule has 0 saturated heterocycles. The van der Waals surface area contributed by atoms with Crippen molar-refractivity contribution in [2.75, 3.05) is 11.1 Å². The predicted molar refractivity (Wildman–Crippen MR) is 118 cm³/mol. The van der Waals surface area contributed by atoms with E-state index in [1.807, 2.05) is 28.8 Å². The first-order chi connectivity index (χ1) is 14.3. The van der Waals surface area contributed by atoms with Crippen molar-refractivity contribution in [2.24, 2.45) is 0 Å². The Balaban J connectivity index is 1.44. The maximum atomic E-state index is 14.3. The highest BCUT2D eigenvalue weighted by Gasteiger charge is 2.31. The summed E-state index contributed by atoms with van der Waals surface area (Å²) in [5.74, 6) is 0.306. The summed E-state index contributed by atoms with van der Waals surface area (Å²) >= 11 is 1.33. The number of thioether (sulfide) groups is 1. The van der Waals surface area contributed by atoms with Gasteiger partial charge in [0.05, 0.1) is 11.3 Å². The van der Waals surface area contributed by atoms with Gasteiger partial charge in [0.15, 0.2) is 11.0 Å². The molecule has 5 nitrogen and oxygen atoms in total. The Labute approximate surface area is 180 Å². The summed E-state index contributed by atoms with van der Waals surface area (Å²) in [6.07, 6.45) is 2.03. The topological polar surface area (TPSA) is 59.8 Å². The highest BCUT2D eigenvalue weighted by Crippen LogP contribution is 2.41. The fraction of sp³-hybridized carbons (Fsp3) is 0.348. The van der Waals surface area contributed by atoms with Gasteiger partial charge in [-0.1, -0.05) is 56.8 Å². The van der Waals surface area contributed by atoms with Gasteiger partial charge >= 0.3 is 0 Å². The molecule has 4 rings (SSSR count). The average Bonchev–Trinajstić information content (AvgIpc) is 3.46. The van der Waals surface area contributed by atoms with Gasteiger partial charge in [0.25, 0.3) is 0 Å². The first-order valence-corrected chi connectivity index (χ1v) is 11.0. The number of carbonyl (C=O) groups excluding carboxylic acids is 1. The summed E-state index contributed by atoms with van der Waals surface area (Å²) < 4.78 is 16.2. The first kappa shape index (κ1) is 20.6. The zero-order valence-corrected chi connectivity index (χ0v) is 18.2. The number of anilines is 1. The van der Waals surface area contributed by atoms with Crippen molar-refractivity contribution in [1.29, 1.82) is 0 Å². The zero-order chi connectivity index (χ0) is 21.3. The van der Waals surface area contributed by atoms with E-state index < -0.39 is 0 Å². The van der Waals surface area contributed by atoms with Crippen LogP contribution in [0.25, 0.3) is 11.4 Å². The van der Waals surface area contributed by atoms with Crippen molar-refractivity contribution in [2.45, 2.75) is 50.2 Å². The summed E-state index contributed by atoms with van der Waals surface area (Å²) in [4.78, 5) is 12.4. The zero-order valence-electron chi connectivity index (χ0n) is 17.4. The number of benzene rings is 2. The molecule has 0 unspecified atom stereocenters. The second-order valence-electron chi connectivity index (χ2n) is 8.55. The SMILES string of the molecule is CC(C)(C)c1ccc(NC(=O)CSc2nnc(-c3ccccc3F)n2C2CC2)cc1. The Hall–Kier alpha value is -2.67. The molecule has 0 radical (unpaired) electrons. The van der Waals surface area contributed by atoms with Crippen LogP contribution in [0.15, 0.2) is 53.7 Å². The van der Waals surface area contributed by atoms with Crippen LogP contribution in [0.4, 0.5) is 10.1 Å². The van der Waals surface area contributed by atoms with Crippen LogP contribution in [0.5, 0.6) is 0 Å². The van der Waals surface area contributed by atoms with Crippen LogP contribution >= 0.6 is 11.8 Å². The van der Waals surface area contributed by atoms with E-state index in [-0.39, 0.29) is 28.9 Å². The molecule has 2 aromatic carbocycles. The molecule has 1 aliphatic rings. The van der Waals surface area contributed by atoms with E-state index in [1.54, 1.807) is 18.2 Å². The molecule has 1 N–H and O–H groups in total. The Bertz CT molecular complexity index is 1050. The molecule has 156 valence electrons. The van der Waals surface area contributed by atoms with Crippen molar-refractivity contribution in [1.82, 2.24) is 14.8 Å². The van der Waals surface area contributed by atoms with Crippen molar-refractivity contribution in [3.05, 3.63) is 59.9 Å². The second-order valence-corrected chi connectivity index (χ2v) is 9.49. The number of nitrogens with zero attached hydrogens (tertiary/aromatic N) is 3. The monoisotopic (exact) mass is 424 g/mol. The normalized spacial score (nSPS) is 14.0. The maximum Gasteiger partial charge on any atom is 0.234 e. The van der Waals surface area contributed by atoms with Gasteiger partial charge in [0.1, 0.15) is 5.82 Å². The number of hydrogen-bond acceptors (Lipinski definition) is 4. The van der Waals surface area contributed by atoms with Gasteiger partial charge in [-0.3, -0.25) is 9.36 Å². The minimum Gasteiger partial charge on any atom is -0.325 e. The number of halogens is 1. The second kappa shape index (κ2) is 8.22. The van der Waals surface area contributed by atoms with Crippen molar-refractivity contribution in [3.63, 3.8) is 0 Å². The molecule has 1 fully saturated rings. The predicted octanol–water partition coefficient (Wildman–Crippen LogP) is 5.45. The molecule has 1 heterocycles. The van der Waals surface area contributed by atoms with Gasteiger partial charge in [0, 0.05) is 11.7 Å². The van der Waals surface area contributed by atoms with Gasteiger partial charge in [-0.15, -0.1) is 10.2 Å². The van der Waals surface area contributed by atoms with Crippen LogP contribution < -0.4 is 5.32 Å². The van der Waals surface area contributed by atoms with Crippen LogP contribution in [-0.2, 0) is 10.2 Å². The molecule has 0 bridgehead atoms. The fourth-order valence-electron chi connectivity index (χ4n) is 3.24. The smallest absolute Gasteiger partial charge is 0.234 e. The number of rotatable bonds is 6. The first-order valence-electron chi connectivity index (χ1n) is 10.1. The maximum absolute atomic E-state index is 14.3. The minimum atomic E-state index is -0.320. The molecular weight excluding hydrogens is 399 g/mol. The van der Waals surface area contributed by atoms with E-state index in [1.165, 1.54) is 23.4 Å². The van der Waals surface area contributed by atoms with Crippen LogP contribution in [0.3, 0.4) is 0 Å². The highest BCUT2D eigenvalue weighted by molar-refractivity contribution is 7.99. The van der Waals surface area contributed by atoms with Crippen LogP contribution in [0.1, 0.15) is 45.2 Å². The lowest BCUT2D eigenvalue weighted by Crippen LogP contribution is -2.15. The van der Waals surface area contributed by atoms with Gasteiger partial charge in [0.2, 0.25) is 5.91 Å². The van der Waals surface area contributed by atoms with Gasteiger partial charge in [-0.05, 0) is 48.1 Å². The summed E-state index contributed by atoms with van der Waals surface area (Å²) in [5.41, 5.74) is 2.49. The standard InChI is InChI=1S/C23H25FN4OS/c1-23(2,3)15-8-10-16(11-9-15)25-20(29)14-30-22-27-26-21(28(22)17-12-13-17)18-6-4-5-7-19(18)24/h4-11,17H,12-14H2,1-3H3,(H,25,29). The highest BCUT2D eigenvalue weighted by atomic mass is 32.2. The van der Waals surface area contributed by atoms with E-state index >= 15 is 0 Å². The molecular formula is C23H25FN4OS. The van der Waals surface area contributed by atoms with Crippen molar-refractivity contribution >= 4 is 23.4 Å². The Morgan fingerprint density at radius 2 is 1.83 bits per heavy atom. The molecule has 30 heavy (non-hydrogen) atoms. The van der Waals surface area contributed by atoms with Gasteiger partial charge in [-0.25, -0.2) is 4.39 Å². The average molecular weight is 425 g/mol. The summed E-state index contributed by atoms with van der Waals surface area (Å²) in [5, 5.41) is 12.0. The molecule has 1 aromatic heterocycles. The van der Waals surface area contributed by atoms with E-state index in [9.17, 15) is 9.18 Å². The molecule has 3 aromatic rings. The van der Waals surface area contributed by atoms with Crippen molar-refractivity contribution < 1.29 is 9.18 Å². The molecule has 0 spiro atoms. The summed E-state index contributed by atoms with van der Waals surface area (Å²) in [7, 11) is 0.